The Kier molecular flexibility index (Phi) is 6.02. The van der Waals surface area contributed by atoms with Crippen LogP contribution in [-0.2, 0) is 11.2 Å². The highest BCUT2D eigenvalue weighted by molar-refractivity contribution is 9.10. The van der Waals surface area contributed by atoms with Gasteiger partial charge >= 0.3 is 0 Å². The largest absolute Gasteiger partial charge is 0.385 e. The average molecular weight is 316 g/mol. The number of anilines is 1. The molecule has 1 heterocycles. The molecule has 0 aliphatic heterocycles. The molecule has 1 aromatic rings. The van der Waals surface area contributed by atoms with Gasteiger partial charge in [0.15, 0.2) is 0 Å². The first kappa shape index (κ1) is 15.4. The van der Waals surface area contributed by atoms with Gasteiger partial charge in [-0.2, -0.15) is 0 Å². The number of aromatic nitrogens is 2. The second-order valence-electron chi connectivity index (χ2n) is 5.11. The van der Waals surface area contributed by atoms with Crippen molar-refractivity contribution in [1.82, 2.24) is 9.97 Å². The van der Waals surface area contributed by atoms with E-state index in [0.29, 0.717) is 0 Å². The highest BCUT2D eigenvalue weighted by atomic mass is 79.9. The number of hydrogen-bond donors (Lipinski definition) is 1. The van der Waals surface area contributed by atoms with Gasteiger partial charge in [-0.25, -0.2) is 9.97 Å². The molecule has 0 saturated heterocycles. The van der Waals surface area contributed by atoms with Gasteiger partial charge in [0, 0.05) is 32.7 Å². The monoisotopic (exact) mass is 315 g/mol. The second-order valence-corrected chi connectivity index (χ2v) is 5.92. The zero-order valence-electron chi connectivity index (χ0n) is 11.6. The van der Waals surface area contributed by atoms with E-state index in [9.17, 15) is 0 Å². The van der Waals surface area contributed by atoms with Crippen molar-refractivity contribution in [2.75, 3.05) is 25.6 Å². The van der Waals surface area contributed by atoms with Gasteiger partial charge in [0.05, 0.1) is 0 Å². The molecule has 0 aliphatic carbocycles. The molecule has 0 spiro atoms. The van der Waals surface area contributed by atoms with E-state index in [1.807, 2.05) is 13.0 Å². The third kappa shape index (κ3) is 5.31. The molecule has 5 heteroatoms. The highest BCUT2D eigenvalue weighted by Crippen LogP contribution is 2.21. The number of nitrogens with one attached hydrogen (secondary N) is 1. The quantitative estimate of drug-likeness (QED) is 0.784. The molecule has 0 atom stereocenters. The van der Waals surface area contributed by atoms with Crippen LogP contribution in [0.5, 0.6) is 0 Å². The van der Waals surface area contributed by atoms with Crippen LogP contribution in [0.3, 0.4) is 0 Å². The zero-order valence-corrected chi connectivity index (χ0v) is 13.2. The predicted octanol–water partition coefficient (Wildman–Crippen LogP) is 3.28. The summed E-state index contributed by atoms with van der Waals surface area (Å²) in [5, 5.41) is 3.37. The second kappa shape index (κ2) is 7.04. The van der Waals surface area contributed by atoms with Crippen molar-refractivity contribution in [2.24, 2.45) is 5.41 Å². The van der Waals surface area contributed by atoms with Gasteiger partial charge in [0.25, 0.3) is 0 Å². The van der Waals surface area contributed by atoms with E-state index in [1.54, 1.807) is 7.11 Å². The minimum Gasteiger partial charge on any atom is -0.385 e. The number of nitrogens with zero attached hydrogens (tertiary/aromatic N) is 2. The predicted molar refractivity (Wildman–Crippen MR) is 77.9 cm³/mol. The van der Waals surface area contributed by atoms with E-state index in [-0.39, 0.29) is 5.41 Å². The van der Waals surface area contributed by atoms with E-state index in [0.717, 1.165) is 42.2 Å². The Morgan fingerprint density at radius 1 is 1.39 bits per heavy atom. The minimum absolute atomic E-state index is 0.180. The fourth-order valence-electron chi connectivity index (χ4n) is 1.51. The van der Waals surface area contributed by atoms with Crippen LogP contribution in [0.1, 0.15) is 33.0 Å². The van der Waals surface area contributed by atoms with Crippen molar-refractivity contribution in [3.05, 3.63) is 16.5 Å². The van der Waals surface area contributed by atoms with Gasteiger partial charge in [-0.15, -0.1) is 0 Å². The van der Waals surface area contributed by atoms with Crippen molar-refractivity contribution in [3.8, 4) is 0 Å². The molecule has 0 aliphatic rings. The third-order valence-corrected chi connectivity index (χ3v) is 3.19. The maximum Gasteiger partial charge on any atom is 0.131 e. The summed E-state index contributed by atoms with van der Waals surface area (Å²) in [7, 11) is 1.73. The first-order valence-corrected chi connectivity index (χ1v) is 7.02. The number of methoxy groups -OCH3 is 1. The molecular formula is C13H22BrN3O. The Morgan fingerprint density at radius 2 is 2.11 bits per heavy atom. The van der Waals surface area contributed by atoms with Gasteiger partial charge < -0.3 is 10.1 Å². The molecule has 0 fully saturated rings. The summed E-state index contributed by atoms with van der Waals surface area (Å²) in [4.78, 5) is 8.74. The van der Waals surface area contributed by atoms with Crippen LogP contribution in [0.2, 0.25) is 0 Å². The first-order chi connectivity index (χ1) is 8.46. The Balaban J connectivity index is 2.59. The van der Waals surface area contributed by atoms with E-state index in [4.69, 9.17) is 4.74 Å². The van der Waals surface area contributed by atoms with Crippen molar-refractivity contribution >= 4 is 21.7 Å². The maximum atomic E-state index is 5.12. The molecule has 1 N–H and O–H groups in total. The average Bonchev–Trinajstić information content (AvgIpc) is 2.33. The van der Waals surface area contributed by atoms with Crippen LogP contribution < -0.4 is 5.32 Å². The fourth-order valence-corrected chi connectivity index (χ4v) is 1.93. The molecule has 0 amide bonds. The molecule has 1 aromatic heterocycles. The molecule has 18 heavy (non-hydrogen) atoms. The summed E-state index contributed by atoms with van der Waals surface area (Å²) in [5.41, 5.74) is 0.180. The molecule has 0 bridgehead atoms. The normalized spacial score (nSPS) is 11.6. The summed E-state index contributed by atoms with van der Waals surface area (Å²) >= 11 is 3.41. The summed E-state index contributed by atoms with van der Waals surface area (Å²) in [6.45, 7) is 8.13. The molecule has 0 aromatic carbocycles. The molecule has 1 rings (SSSR count). The van der Waals surface area contributed by atoms with Crippen LogP contribution in [0.15, 0.2) is 10.7 Å². The van der Waals surface area contributed by atoms with Crippen LogP contribution in [0.4, 0.5) is 5.82 Å². The van der Waals surface area contributed by atoms with Crippen LogP contribution in [0, 0.1) is 5.41 Å². The number of ether oxygens (including phenoxy) is 1. The molecular weight excluding hydrogens is 294 g/mol. The number of halogens is 1. The van der Waals surface area contributed by atoms with Crippen LogP contribution in [0.25, 0.3) is 0 Å². The standard InChI is InChI=1S/C13H22BrN3O/c1-5-11-16-10(14)8-12(17-11)15-9-13(2,3)6-7-18-4/h8H,5-7,9H2,1-4H3,(H,15,16,17). The Labute approximate surface area is 118 Å². The van der Waals surface area contributed by atoms with E-state index in [2.05, 4.69) is 45.1 Å². The number of hydrogen-bond acceptors (Lipinski definition) is 4. The summed E-state index contributed by atoms with van der Waals surface area (Å²) in [6, 6.07) is 1.91. The fraction of sp³-hybridized carbons (Fsp3) is 0.692. The lowest BCUT2D eigenvalue weighted by Gasteiger charge is -2.24. The van der Waals surface area contributed by atoms with Gasteiger partial charge in [-0.05, 0) is 27.8 Å². The molecule has 0 saturated carbocycles. The van der Waals surface area contributed by atoms with Gasteiger partial charge in [0.1, 0.15) is 16.2 Å². The van der Waals surface area contributed by atoms with Gasteiger partial charge in [-0.1, -0.05) is 20.8 Å². The van der Waals surface area contributed by atoms with Crippen molar-refractivity contribution in [2.45, 2.75) is 33.6 Å². The van der Waals surface area contributed by atoms with Gasteiger partial charge in [-0.3, -0.25) is 0 Å². The number of aryl methyl sites for hydroxylation is 1. The van der Waals surface area contributed by atoms with Gasteiger partial charge in [0.2, 0.25) is 0 Å². The summed E-state index contributed by atoms with van der Waals surface area (Å²) in [6.07, 6.45) is 1.85. The molecule has 0 radical (unpaired) electrons. The topological polar surface area (TPSA) is 47.0 Å². The lowest BCUT2D eigenvalue weighted by Crippen LogP contribution is -2.25. The minimum atomic E-state index is 0.180. The van der Waals surface area contributed by atoms with Crippen LogP contribution >= 0.6 is 15.9 Å². The highest BCUT2D eigenvalue weighted by Gasteiger charge is 2.17. The lowest BCUT2D eigenvalue weighted by molar-refractivity contribution is 0.157. The SMILES string of the molecule is CCc1nc(Br)cc(NCC(C)(C)CCOC)n1. The summed E-state index contributed by atoms with van der Waals surface area (Å²) < 4.78 is 5.95. The molecule has 4 nitrogen and oxygen atoms in total. The van der Waals surface area contributed by atoms with Crippen molar-refractivity contribution < 1.29 is 4.74 Å². The Bertz CT molecular complexity index is 382. The zero-order chi connectivity index (χ0) is 13.6. The summed E-state index contributed by atoms with van der Waals surface area (Å²) in [5.74, 6) is 1.72. The number of rotatable bonds is 7. The molecule has 102 valence electrons. The maximum absolute atomic E-state index is 5.12. The van der Waals surface area contributed by atoms with E-state index < -0.39 is 0 Å². The lowest BCUT2D eigenvalue weighted by atomic mass is 9.90. The van der Waals surface area contributed by atoms with Crippen molar-refractivity contribution in [3.63, 3.8) is 0 Å². The first-order valence-electron chi connectivity index (χ1n) is 6.23. The Hall–Kier alpha value is -0.680. The molecule has 0 unspecified atom stereocenters. The van der Waals surface area contributed by atoms with Crippen LogP contribution in [-0.4, -0.2) is 30.2 Å². The van der Waals surface area contributed by atoms with Crippen molar-refractivity contribution in [1.29, 1.82) is 0 Å². The smallest absolute Gasteiger partial charge is 0.131 e. The van der Waals surface area contributed by atoms with E-state index >= 15 is 0 Å². The third-order valence-electron chi connectivity index (χ3n) is 2.79. The van der Waals surface area contributed by atoms with E-state index in [1.165, 1.54) is 0 Å². The Morgan fingerprint density at radius 3 is 2.72 bits per heavy atom.